The van der Waals surface area contributed by atoms with Crippen LogP contribution in [0.4, 0.5) is 5.69 Å². The van der Waals surface area contributed by atoms with E-state index in [-0.39, 0.29) is 17.9 Å². The van der Waals surface area contributed by atoms with Crippen molar-refractivity contribution in [3.63, 3.8) is 0 Å². The number of aromatic hydroxyl groups is 1. The van der Waals surface area contributed by atoms with Crippen molar-refractivity contribution >= 4 is 34.9 Å². The summed E-state index contributed by atoms with van der Waals surface area (Å²) in [5.41, 5.74) is 1.11. The van der Waals surface area contributed by atoms with E-state index in [4.69, 9.17) is 10.5 Å². The maximum absolute atomic E-state index is 14.1. The predicted octanol–water partition coefficient (Wildman–Crippen LogP) is 0.640. The molecule has 0 saturated heterocycles. The number of nitrogens with two attached hydrogens (primary N) is 1. The van der Waals surface area contributed by atoms with Gasteiger partial charge in [0, 0.05) is 11.5 Å². The fourth-order valence-electron chi connectivity index (χ4n) is 6.70. The second-order valence-electron chi connectivity index (χ2n) is 11.2. The molecule has 1 saturated carbocycles. The average molecular weight is 588 g/mol. The molecule has 0 heterocycles. The molecule has 0 radical (unpaired) electrons. The van der Waals surface area contributed by atoms with Crippen LogP contribution in [0.25, 0.3) is 5.76 Å². The molecule has 3 aliphatic carbocycles. The summed E-state index contributed by atoms with van der Waals surface area (Å²) < 4.78 is 5.12. The molecule has 8 N–H and O–H groups in total. The van der Waals surface area contributed by atoms with Crippen LogP contribution in [0.1, 0.15) is 50.7 Å². The molecule has 0 aromatic heterocycles. The maximum atomic E-state index is 14.1. The Kier molecular flexibility index (Phi) is 8.15. The zero-order valence-electron chi connectivity index (χ0n) is 24.0. The van der Waals surface area contributed by atoms with Crippen LogP contribution in [0.15, 0.2) is 29.0 Å². The van der Waals surface area contributed by atoms with E-state index >= 15 is 0 Å². The van der Waals surface area contributed by atoms with E-state index in [1.54, 1.807) is 19.9 Å². The third-order valence-electron chi connectivity index (χ3n) is 8.61. The zero-order valence-corrected chi connectivity index (χ0v) is 24.0. The van der Waals surface area contributed by atoms with Crippen LogP contribution in [-0.2, 0) is 23.9 Å². The number of amides is 1. The molecule has 0 bridgehead atoms. The maximum Gasteiger partial charge on any atom is 0.328 e. The van der Waals surface area contributed by atoms with Crippen LogP contribution in [0.5, 0.6) is 5.75 Å². The molecular formula is C29H37N3O10. The van der Waals surface area contributed by atoms with Crippen molar-refractivity contribution < 1.29 is 49.4 Å². The summed E-state index contributed by atoms with van der Waals surface area (Å²) in [6, 6.07) is 0.819. The Morgan fingerprint density at radius 2 is 1.81 bits per heavy atom. The first-order valence-electron chi connectivity index (χ1n) is 13.8. The van der Waals surface area contributed by atoms with Crippen LogP contribution in [0, 0.1) is 11.8 Å². The second-order valence-corrected chi connectivity index (χ2v) is 11.2. The van der Waals surface area contributed by atoms with Crippen LogP contribution < -0.4 is 11.1 Å². The number of ketones is 2. The van der Waals surface area contributed by atoms with Gasteiger partial charge < -0.3 is 41.3 Å². The van der Waals surface area contributed by atoms with Crippen LogP contribution in [0.2, 0.25) is 0 Å². The van der Waals surface area contributed by atoms with Gasteiger partial charge in [-0.05, 0) is 45.0 Å². The van der Waals surface area contributed by atoms with Gasteiger partial charge >= 0.3 is 5.97 Å². The first-order valence-corrected chi connectivity index (χ1v) is 13.8. The largest absolute Gasteiger partial charge is 0.508 e. The van der Waals surface area contributed by atoms with Gasteiger partial charge in [0.2, 0.25) is 5.78 Å². The van der Waals surface area contributed by atoms with Crippen LogP contribution >= 0.6 is 0 Å². The van der Waals surface area contributed by atoms with E-state index in [0.717, 1.165) is 0 Å². The number of aliphatic hydroxyl groups is 4. The minimum Gasteiger partial charge on any atom is -0.508 e. The van der Waals surface area contributed by atoms with E-state index in [2.05, 4.69) is 5.32 Å². The molecule has 4 rings (SSSR count). The molecule has 228 valence electrons. The van der Waals surface area contributed by atoms with Crippen molar-refractivity contribution in [1.29, 1.82) is 0 Å². The molecule has 42 heavy (non-hydrogen) atoms. The Bertz CT molecular complexity index is 1420. The number of rotatable bonds is 8. The van der Waals surface area contributed by atoms with E-state index in [1.165, 1.54) is 25.1 Å². The fraction of sp³-hybridized carbons (Fsp3) is 0.517. The lowest BCUT2D eigenvalue weighted by Crippen LogP contribution is -2.70. The topological polar surface area (TPSA) is 220 Å². The highest BCUT2D eigenvalue weighted by atomic mass is 16.5. The minimum absolute atomic E-state index is 0.0631. The first-order chi connectivity index (χ1) is 19.7. The van der Waals surface area contributed by atoms with E-state index in [1.807, 2.05) is 6.92 Å². The number of hydrogen-bond acceptors (Lipinski definition) is 12. The molecule has 5 unspecified atom stereocenters. The van der Waals surface area contributed by atoms with Crippen molar-refractivity contribution in [3.8, 4) is 5.75 Å². The number of esters is 1. The Labute approximate surface area is 242 Å². The number of carbonyl (C=O) groups excluding carboxylic acids is 4. The summed E-state index contributed by atoms with van der Waals surface area (Å²) in [5.74, 6) is -10.2. The molecule has 0 spiro atoms. The molecule has 7 atom stereocenters. The van der Waals surface area contributed by atoms with Crippen molar-refractivity contribution in [3.05, 3.63) is 40.2 Å². The molecule has 1 aromatic rings. The predicted molar refractivity (Wildman–Crippen MR) is 149 cm³/mol. The monoisotopic (exact) mass is 587 g/mol. The minimum atomic E-state index is -2.99. The van der Waals surface area contributed by atoms with Gasteiger partial charge in [0.05, 0.1) is 35.9 Å². The molecule has 1 amide bonds. The number of ether oxygens (including phenoxy) is 1. The first kappa shape index (κ1) is 31.0. The Balaban J connectivity index is 1.92. The number of phenols is 1. The number of likely N-dealkylation sites (N-methyl/N-ethyl adjacent to an activating group) is 1. The number of fused-ring (bicyclic) bond motifs is 3. The molecule has 13 heteroatoms. The van der Waals surface area contributed by atoms with E-state index in [0.29, 0.717) is 18.4 Å². The number of anilines is 1. The summed E-state index contributed by atoms with van der Waals surface area (Å²) in [7, 11) is 2.89. The lowest BCUT2D eigenvalue weighted by Gasteiger charge is -2.53. The molecule has 13 nitrogen and oxygen atoms in total. The smallest absolute Gasteiger partial charge is 0.328 e. The highest BCUT2D eigenvalue weighted by Crippen LogP contribution is 2.56. The van der Waals surface area contributed by atoms with Crippen molar-refractivity contribution in [2.45, 2.75) is 63.3 Å². The number of nitrogens with one attached hydrogen (secondary N) is 1. The SMILES string of the molecule is CCCC(Nc1ccc2c(c1O)C(O)=C1C(=O)[C@]3(O)C(O)=C(C(N)=O)C(=O)[C@@H](N(C)C)C3C(O)C1C2C)C(=O)OCC. The molecule has 1 fully saturated rings. The van der Waals surface area contributed by atoms with Crippen LogP contribution in [0.3, 0.4) is 0 Å². The Morgan fingerprint density at radius 3 is 2.36 bits per heavy atom. The Hall–Kier alpha value is -3.94. The normalized spacial score (nSPS) is 29.6. The summed E-state index contributed by atoms with van der Waals surface area (Å²) in [5, 5.41) is 60.1. The summed E-state index contributed by atoms with van der Waals surface area (Å²) in [6.45, 7) is 5.32. The van der Waals surface area contributed by atoms with Gasteiger partial charge in [0.25, 0.3) is 5.91 Å². The molecule has 3 aliphatic rings. The third kappa shape index (κ3) is 4.34. The standard InChI is InChI=1S/C29H37N3O10/c1-6-8-14(28(40)42-7-2)31-13-10-9-12-11(3)15-17(22(34)16(12)21(13)33)25(37)29(41)19(23(15)35)20(32(4)5)24(36)18(26(29)38)27(30)39/h9-11,14-15,19-20,23,31,33-35,38,41H,6-8H2,1-5H3,(H2,30,39)/t11?,14?,15?,19?,20-,23?,29-/m0/s1. The van der Waals surface area contributed by atoms with Crippen molar-refractivity contribution in [2.75, 3.05) is 26.0 Å². The summed E-state index contributed by atoms with van der Waals surface area (Å²) >= 11 is 0. The van der Waals surface area contributed by atoms with Gasteiger partial charge in [0.1, 0.15) is 28.9 Å². The van der Waals surface area contributed by atoms with Gasteiger partial charge in [-0.25, -0.2) is 4.79 Å². The van der Waals surface area contributed by atoms with Gasteiger partial charge in [-0.1, -0.05) is 26.3 Å². The van der Waals surface area contributed by atoms with Crippen LogP contribution in [-0.4, -0.2) is 98.4 Å². The summed E-state index contributed by atoms with van der Waals surface area (Å²) in [4.78, 5) is 53.3. The van der Waals surface area contributed by atoms with E-state index in [9.17, 15) is 44.7 Å². The zero-order chi connectivity index (χ0) is 31.4. The van der Waals surface area contributed by atoms with Gasteiger partial charge in [0.15, 0.2) is 11.4 Å². The number of aliphatic hydroxyl groups excluding tert-OH is 3. The second kappa shape index (κ2) is 11.0. The molecular weight excluding hydrogens is 550 g/mol. The van der Waals surface area contributed by atoms with Crippen molar-refractivity contribution in [1.82, 2.24) is 4.90 Å². The lowest BCUT2D eigenvalue weighted by atomic mass is 9.54. The number of phenolic OH excluding ortho intramolecular Hbond substituents is 1. The summed E-state index contributed by atoms with van der Waals surface area (Å²) in [6.07, 6.45) is -0.693. The van der Waals surface area contributed by atoms with Crippen molar-refractivity contribution in [2.24, 2.45) is 17.6 Å². The third-order valence-corrected chi connectivity index (χ3v) is 8.61. The quantitative estimate of drug-likeness (QED) is 0.127. The van der Waals surface area contributed by atoms with Gasteiger partial charge in [-0.2, -0.15) is 0 Å². The number of carbonyl (C=O) groups is 4. The Morgan fingerprint density at radius 1 is 1.17 bits per heavy atom. The number of nitrogens with zero attached hydrogens (tertiary/aromatic N) is 1. The van der Waals surface area contributed by atoms with Gasteiger partial charge in [-0.15, -0.1) is 0 Å². The number of Topliss-reactive ketones (excluding diaryl/α,β-unsaturated/α-hetero) is 2. The lowest BCUT2D eigenvalue weighted by molar-refractivity contribution is -0.169. The highest BCUT2D eigenvalue weighted by Gasteiger charge is 2.68. The fourth-order valence-corrected chi connectivity index (χ4v) is 6.70. The van der Waals surface area contributed by atoms with E-state index < -0.39 is 93.4 Å². The highest BCUT2D eigenvalue weighted by molar-refractivity contribution is 6.24. The average Bonchev–Trinajstić information content (AvgIpc) is 2.91. The number of benzene rings is 1. The molecule has 0 aliphatic heterocycles. The molecule has 1 aromatic carbocycles. The number of hydrogen-bond donors (Lipinski definition) is 7. The van der Waals surface area contributed by atoms with Gasteiger partial charge in [-0.3, -0.25) is 19.3 Å². The number of primary amides is 1.